The van der Waals surface area contributed by atoms with Crippen LogP contribution >= 0.6 is 0 Å². The minimum Gasteiger partial charge on any atom is -0.458 e. The van der Waals surface area contributed by atoms with Gasteiger partial charge in [-0.3, -0.25) is 9.59 Å². The van der Waals surface area contributed by atoms with E-state index in [4.69, 9.17) is 15.9 Å². The lowest BCUT2D eigenvalue weighted by Crippen LogP contribution is -2.44. The molecular formula is C27H42N6O6. The van der Waals surface area contributed by atoms with Crippen LogP contribution in [0.5, 0.6) is 0 Å². The Hall–Kier alpha value is -3.49. The molecule has 2 saturated heterocycles. The standard InChI is InChI=1S/C14H21NO3.C13H21N5O3/c1-6-10-8-12(16)15(9-10)11(7-2)13(17)18-14(3,4)5;1-5-9(12(20)21-13(2,3)4)18-7-8(6-10(18)19)11-14-16-17-15-11/h1,10-11H,7-9H2,2-5H3;8-9H,5-7H2,1-4H3,(H,14,15,16,17). The summed E-state index contributed by atoms with van der Waals surface area (Å²) in [5.41, 5.74) is -1.11. The van der Waals surface area contributed by atoms with Crippen molar-refractivity contribution in [1.29, 1.82) is 0 Å². The maximum absolute atomic E-state index is 12.2. The first-order valence-corrected chi connectivity index (χ1v) is 13.3. The molecule has 3 heterocycles. The Morgan fingerprint density at radius 2 is 1.44 bits per heavy atom. The van der Waals surface area contributed by atoms with Gasteiger partial charge in [0.1, 0.15) is 23.3 Å². The third kappa shape index (κ3) is 9.04. The van der Waals surface area contributed by atoms with E-state index in [1.54, 1.807) is 9.80 Å². The number of aromatic amines is 1. The summed E-state index contributed by atoms with van der Waals surface area (Å²) in [6, 6.07) is -1.08. The van der Waals surface area contributed by atoms with Gasteiger partial charge < -0.3 is 19.3 Å². The van der Waals surface area contributed by atoms with E-state index >= 15 is 0 Å². The number of hydrogen-bond acceptors (Lipinski definition) is 9. The number of terminal acetylenes is 1. The third-order valence-corrected chi connectivity index (χ3v) is 6.16. The fourth-order valence-electron chi connectivity index (χ4n) is 4.46. The molecule has 0 radical (unpaired) electrons. The van der Waals surface area contributed by atoms with Gasteiger partial charge in [-0.05, 0) is 54.4 Å². The van der Waals surface area contributed by atoms with E-state index in [1.807, 2.05) is 55.4 Å². The molecule has 0 saturated carbocycles. The molecule has 1 N–H and O–H groups in total. The zero-order valence-electron chi connectivity index (χ0n) is 24.3. The average molecular weight is 547 g/mol. The number of carbonyl (C=O) groups is 4. The van der Waals surface area contributed by atoms with Gasteiger partial charge in [0.15, 0.2) is 5.82 Å². The van der Waals surface area contributed by atoms with Gasteiger partial charge in [0.2, 0.25) is 11.8 Å². The number of hydrogen-bond donors (Lipinski definition) is 1. The summed E-state index contributed by atoms with van der Waals surface area (Å²) in [4.78, 5) is 51.4. The molecule has 1 aromatic rings. The lowest BCUT2D eigenvalue weighted by molar-refractivity contribution is -0.164. The minimum absolute atomic E-state index is 0.0596. The van der Waals surface area contributed by atoms with Crippen LogP contribution in [0.2, 0.25) is 0 Å². The van der Waals surface area contributed by atoms with E-state index in [0.29, 0.717) is 44.6 Å². The summed E-state index contributed by atoms with van der Waals surface area (Å²) >= 11 is 0. The molecule has 1 aromatic heterocycles. The first-order chi connectivity index (χ1) is 18.1. The van der Waals surface area contributed by atoms with E-state index in [9.17, 15) is 19.2 Å². The van der Waals surface area contributed by atoms with Gasteiger partial charge in [-0.1, -0.05) is 19.1 Å². The van der Waals surface area contributed by atoms with Crippen LogP contribution in [0.1, 0.15) is 92.8 Å². The molecular weight excluding hydrogens is 504 g/mol. The maximum Gasteiger partial charge on any atom is 0.329 e. The van der Waals surface area contributed by atoms with Crippen LogP contribution in [-0.4, -0.2) is 90.6 Å². The number of nitrogens with zero attached hydrogens (tertiary/aromatic N) is 5. The number of rotatable bonds is 7. The van der Waals surface area contributed by atoms with Gasteiger partial charge in [-0.2, -0.15) is 5.21 Å². The van der Waals surface area contributed by atoms with Crippen molar-refractivity contribution in [1.82, 2.24) is 30.4 Å². The molecule has 4 atom stereocenters. The van der Waals surface area contributed by atoms with Gasteiger partial charge in [0.25, 0.3) is 0 Å². The zero-order valence-corrected chi connectivity index (χ0v) is 24.3. The van der Waals surface area contributed by atoms with Crippen LogP contribution < -0.4 is 0 Å². The predicted octanol–water partition coefficient (Wildman–Crippen LogP) is 2.22. The molecule has 0 aromatic carbocycles. The molecule has 0 aliphatic carbocycles. The smallest absolute Gasteiger partial charge is 0.329 e. The van der Waals surface area contributed by atoms with Crippen molar-refractivity contribution in [3.63, 3.8) is 0 Å². The number of aromatic nitrogens is 4. The van der Waals surface area contributed by atoms with E-state index in [0.717, 1.165) is 0 Å². The van der Waals surface area contributed by atoms with Gasteiger partial charge >= 0.3 is 11.9 Å². The third-order valence-electron chi connectivity index (χ3n) is 6.16. The number of tetrazole rings is 1. The average Bonchev–Trinajstić information content (AvgIpc) is 3.54. The Morgan fingerprint density at radius 3 is 1.82 bits per heavy atom. The molecule has 12 nitrogen and oxygen atoms in total. The second-order valence-electron chi connectivity index (χ2n) is 11.7. The molecule has 0 bridgehead atoms. The SMILES string of the molecule is C#CC1CC(=O)N(C(CC)C(=O)OC(C)(C)C)C1.CCC(C(=O)OC(C)(C)C)N1CC(c2nn[nH]n2)CC1=O. The highest BCUT2D eigenvalue weighted by molar-refractivity contribution is 5.87. The van der Waals surface area contributed by atoms with Gasteiger partial charge in [0.05, 0.1) is 0 Å². The highest BCUT2D eigenvalue weighted by Gasteiger charge is 2.41. The number of carbonyl (C=O) groups excluding carboxylic acids is 4. The quantitative estimate of drug-likeness (QED) is 0.401. The molecule has 2 fully saturated rings. The van der Waals surface area contributed by atoms with Crippen molar-refractivity contribution < 1.29 is 28.7 Å². The molecule has 3 rings (SSSR count). The second-order valence-corrected chi connectivity index (χ2v) is 11.7. The summed E-state index contributed by atoms with van der Waals surface area (Å²) < 4.78 is 10.7. The Kier molecular flexibility index (Phi) is 10.6. The summed E-state index contributed by atoms with van der Waals surface area (Å²) in [5, 5.41) is 13.7. The van der Waals surface area contributed by atoms with E-state index in [1.165, 1.54) is 0 Å². The van der Waals surface area contributed by atoms with E-state index < -0.39 is 23.3 Å². The Morgan fingerprint density at radius 1 is 0.949 bits per heavy atom. The van der Waals surface area contributed by atoms with Crippen molar-refractivity contribution in [3.05, 3.63) is 5.82 Å². The van der Waals surface area contributed by atoms with Crippen LogP contribution in [0.15, 0.2) is 0 Å². The lowest BCUT2D eigenvalue weighted by atomic mass is 10.1. The lowest BCUT2D eigenvalue weighted by Gasteiger charge is -2.29. The zero-order chi connectivity index (χ0) is 29.5. The number of esters is 2. The number of likely N-dealkylation sites (tertiary alicyclic amines) is 2. The number of ether oxygens (including phenoxy) is 2. The fraction of sp³-hybridized carbons (Fsp3) is 0.741. The van der Waals surface area contributed by atoms with Gasteiger partial charge in [-0.25, -0.2) is 9.59 Å². The van der Waals surface area contributed by atoms with Crippen LogP contribution in [0.3, 0.4) is 0 Å². The summed E-state index contributed by atoms with van der Waals surface area (Å²) in [6.45, 7) is 15.5. The van der Waals surface area contributed by atoms with Crippen LogP contribution in [0.25, 0.3) is 0 Å². The molecule has 2 aliphatic heterocycles. The highest BCUT2D eigenvalue weighted by atomic mass is 16.6. The van der Waals surface area contributed by atoms with E-state index in [-0.39, 0.29) is 35.6 Å². The molecule has 0 spiro atoms. The Labute approximate surface area is 230 Å². The first-order valence-electron chi connectivity index (χ1n) is 13.3. The largest absolute Gasteiger partial charge is 0.458 e. The monoisotopic (exact) mass is 546 g/mol. The molecule has 2 amide bonds. The highest BCUT2D eigenvalue weighted by Crippen LogP contribution is 2.28. The van der Waals surface area contributed by atoms with E-state index in [2.05, 4.69) is 26.5 Å². The molecule has 4 unspecified atom stereocenters. The molecule has 2 aliphatic rings. The van der Waals surface area contributed by atoms with Crippen molar-refractivity contribution in [2.24, 2.45) is 5.92 Å². The Balaban J connectivity index is 0.000000277. The minimum atomic E-state index is -0.569. The normalized spacial score (nSPS) is 21.1. The van der Waals surface area contributed by atoms with Gasteiger partial charge in [-0.15, -0.1) is 22.5 Å². The summed E-state index contributed by atoms with van der Waals surface area (Å²) in [7, 11) is 0. The maximum atomic E-state index is 12.2. The number of amides is 2. The molecule has 12 heteroatoms. The fourth-order valence-corrected chi connectivity index (χ4v) is 4.46. The summed E-state index contributed by atoms with van der Waals surface area (Å²) in [5.74, 6) is 2.00. The number of nitrogens with one attached hydrogen (secondary N) is 1. The van der Waals surface area contributed by atoms with Gasteiger partial charge in [0, 0.05) is 37.8 Å². The molecule has 39 heavy (non-hydrogen) atoms. The van der Waals surface area contributed by atoms with Crippen molar-refractivity contribution in [3.8, 4) is 12.3 Å². The topological polar surface area (TPSA) is 148 Å². The Bertz CT molecular complexity index is 1050. The summed E-state index contributed by atoms with van der Waals surface area (Å²) in [6.07, 6.45) is 7.01. The van der Waals surface area contributed by atoms with Crippen molar-refractivity contribution >= 4 is 23.8 Å². The second kappa shape index (κ2) is 13.0. The van der Waals surface area contributed by atoms with Crippen molar-refractivity contribution in [2.75, 3.05) is 13.1 Å². The van der Waals surface area contributed by atoms with Crippen LogP contribution in [-0.2, 0) is 28.7 Å². The number of H-pyrrole nitrogens is 1. The first kappa shape index (κ1) is 31.7. The predicted molar refractivity (Wildman–Crippen MR) is 142 cm³/mol. The van der Waals surface area contributed by atoms with Crippen LogP contribution in [0, 0.1) is 18.3 Å². The molecule has 216 valence electrons. The van der Waals surface area contributed by atoms with Crippen LogP contribution in [0.4, 0.5) is 0 Å². The van der Waals surface area contributed by atoms with Crippen molar-refractivity contribution in [2.45, 2.75) is 110 Å².